The maximum Gasteiger partial charge on any atom is 0.230 e. The van der Waals surface area contributed by atoms with E-state index < -0.39 is 0 Å². The molecule has 19 heavy (non-hydrogen) atoms. The number of benzene rings is 1. The summed E-state index contributed by atoms with van der Waals surface area (Å²) in [6, 6.07) is 6.80. The Morgan fingerprint density at radius 1 is 1.37 bits per heavy atom. The van der Waals surface area contributed by atoms with Crippen LogP contribution in [0.3, 0.4) is 0 Å². The minimum Gasteiger partial charge on any atom is -0.347 e. The van der Waals surface area contributed by atoms with Crippen molar-refractivity contribution in [3.63, 3.8) is 0 Å². The summed E-state index contributed by atoms with van der Waals surface area (Å²) in [5.41, 5.74) is 3.13. The molecular weight excluding hydrogens is 243 g/mol. The lowest BCUT2D eigenvalue weighted by Crippen LogP contribution is -2.14. The van der Waals surface area contributed by atoms with Gasteiger partial charge in [0, 0.05) is 25.6 Å². The normalized spacial score (nSPS) is 18.2. The van der Waals surface area contributed by atoms with Crippen molar-refractivity contribution in [3.8, 4) is 0 Å². The second kappa shape index (κ2) is 4.68. The van der Waals surface area contributed by atoms with Crippen LogP contribution in [0, 0.1) is 5.82 Å². The summed E-state index contributed by atoms with van der Waals surface area (Å²) >= 11 is 0. The molecule has 0 saturated carbocycles. The molecule has 3 nitrogen and oxygen atoms in total. The molecule has 100 valence electrons. The van der Waals surface area contributed by atoms with Gasteiger partial charge in [-0.2, -0.15) is 0 Å². The second-order valence-electron chi connectivity index (χ2n) is 5.25. The van der Waals surface area contributed by atoms with Crippen molar-refractivity contribution in [3.05, 3.63) is 46.9 Å². The summed E-state index contributed by atoms with van der Waals surface area (Å²) in [6.07, 6.45) is 3.06. The Bertz CT molecular complexity index is 592. The molecule has 2 aromatic rings. The average Bonchev–Trinajstić information content (AvgIpc) is 2.82. The van der Waals surface area contributed by atoms with E-state index in [1.54, 1.807) is 12.1 Å². The van der Waals surface area contributed by atoms with Crippen LogP contribution in [0.25, 0.3) is 0 Å². The van der Waals surface area contributed by atoms with Gasteiger partial charge in [0.15, 0.2) is 0 Å². The molecule has 1 aliphatic carbocycles. The Balaban J connectivity index is 2.03. The number of rotatable bonds is 2. The van der Waals surface area contributed by atoms with Gasteiger partial charge in [-0.05, 0) is 37.0 Å². The molecule has 4 heteroatoms. The highest BCUT2D eigenvalue weighted by atomic mass is 19.1. The highest BCUT2D eigenvalue weighted by Crippen LogP contribution is 2.39. The molecule has 1 aromatic heterocycles. The van der Waals surface area contributed by atoms with Gasteiger partial charge >= 0.3 is 0 Å². The monoisotopic (exact) mass is 260 g/mol. The summed E-state index contributed by atoms with van der Waals surface area (Å²) in [5.74, 6) is 0.786. The maximum atomic E-state index is 13.4. The first-order valence-electron chi connectivity index (χ1n) is 6.58. The van der Waals surface area contributed by atoms with Crippen LogP contribution >= 0.6 is 0 Å². The lowest BCUT2D eigenvalue weighted by molar-refractivity contribution is 0.411. The molecule has 1 atom stereocenters. The quantitative estimate of drug-likeness (QED) is 0.829. The van der Waals surface area contributed by atoms with E-state index in [4.69, 9.17) is 4.52 Å². The third-order valence-electron chi connectivity index (χ3n) is 3.70. The molecule has 1 aromatic carbocycles. The van der Waals surface area contributed by atoms with Gasteiger partial charge in [0.05, 0.1) is 5.69 Å². The molecule has 0 radical (unpaired) electrons. The minimum atomic E-state index is -0.194. The van der Waals surface area contributed by atoms with Crippen LogP contribution in [0.2, 0.25) is 0 Å². The van der Waals surface area contributed by atoms with Crippen molar-refractivity contribution in [2.45, 2.75) is 25.2 Å². The van der Waals surface area contributed by atoms with Crippen LogP contribution in [0.1, 0.15) is 35.6 Å². The van der Waals surface area contributed by atoms with E-state index in [2.05, 4.69) is 5.16 Å². The van der Waals surface area contributed by atoms with Crippen molar-refractivity contribution in [2.75, 3.05) is 19.0 Å². The molecule has 0 aliphatic heterocycles. The Morgan fingerprint density at radius 3 is 2.95 bits per heavy atom. The van der Waals surface area contributed by atoms with Crippen LogP contribution in [0.5, 0.6) is 0 Å². The molecule has 0 bridgehead atoms. The Morgan fingerprint density at radius 2 is 2.21 bits per heavy atom. The van der Waals surface area contributed by atoms with Crippen molar-refractivity contribution < 1.29 is 8.91 Å². The van der Waals surface area contributed by atoms with Gasteiger partial charge < -0.3 is 9.42 Å². The smallest absolute Gasteiger partial charge is 0.230 e. The molecular formula is C15H17FN2O. The molecule has 1 heterocycles. The topological polar surface area (TPSA) is 29.3 Å². The minimum absolute atomic E-state index is 0.150. The van der Waals surface area contributed by atoms with Crippen LogP contribution in [-0.2, 0) is 6.42 Å². The Labute approximate surface area is 112 Å². The van der Waals surface area contributed by atoms with E-state index in [0.29, 0.717) is 0 Å². The van der Waals surface area contributed by atoms with Crippen LogP contribution < -0.4 is 4.90 Å². The third kappa shape index (κ3) is 2.11. The van der Waals surface area contributed by atoms with Crippen molar-refractivity contribution in [1.82, 2.24) is 5.16 Å². The van der Waals surface area contributed by atoms with Crippen LogP contribution in [0.4, 0.5) is 10.3 Å². The first-order valence-corrected chi connectivity index (χ1v) is 6.58. The lowest BCUT2D eigenvalue weighted by atomic mass is 9.83. The van der Waals surface area contributed by atoms with E-state index in [9.17, 15) is 4.39 Å². The molecule has 0 saturated heterocycles. The highest BCUT2D eigenvalue weighted by Gasteiger charge is 2.29. The number of halogens is 1. The van der Waals surface area contributed by atoms with Crippen molar-refractivity contribution >= 4 is 5.88 Å². The number of fused-ring (bicyclic) bond motifs is 1. The zero-order valence-corrected chi connectivity index (χ0v) is 11.2. The first kappa shape index (κ1) is 12.2. The summed E-state index contributed by atoms with van der Waals surface area (Å²) in [5, 5.41) is 4.23. The molecule has 1 aliphatic rings. The van der Waals surface area contributed by atoms with E-state index in [1.165, 1.54) is 11.6 Å². The zero-order valence-electron chi connectivity index (χ0n) is 11.2. The first-order chi connectivity index (χ1) is 9.16. The Kier molecular flexibility index (Phi) is 3.01. The van der Waals surface area contributed by atoms with E-state index in [0.717, 1.165) is 36.4 Å². The number of hydrogen-bond donors (Lipinski definition) is 0. The average molecular weight is 260 g/mol. The molecule has 0 N–H and O–H groups in total. The van der Waals surface area contributed by atoms with Gasteiger partial charge in [-0.1, -0.05) is 17.3 Å². The zero-order chi connectivity index (χ0) is 13.4. The standard InChI is InChI=1S/C15H17FN2O/c1-18(2)15-13-8-4-7-12(14(13)17-19-15)10-5-3-6-11(16)9-10/h3,5-6,9,12H,4,7-8H2,1-2H3. The summed E-state index contributed by atoms with van der Waals surface area (Å²) in [6.45, 7) is 0. The number of nitrogens with zero attached hydrogens (tertiary/aromatic N) is 2. The largest absolute Gasteiger partial charge is 0.347 e. The van der Waals surface area contributed by atoms with Crippen LogP contribution in [-0.4, -0.2) is 19.3 Å². The fraction of sp³-hybridized carbons (Fsp3) is 0.400. The summed E-state index contributed by atoms with van der Waals surface area (Å²) in [7, 11) is 3.90. The van der Waals surface area contributed by atoms with Gasteiger partial charge in [0.2, 0.25) is 5.88 Å². The van der Waals surface area contributed by atoms with E-state index >= 15 is 0 Å². The number of hydrogen-bond acceptors (Lipinski definition) is 3. The van der Waals surface area contributed by atoms with E-state index in [-0.39, 0.29) is 11.7 Å². The van der Waals surface area contributed by atoms with Crippen LogP contribution in [0.15, 0.2) is 28.8 Å². The number of anilines is 1. The third-order valence-corrected chi connectivity index (χ3v) is 3.70. The molecule has 0 amide bonds. The predicted octanol–water partition coefficient (Wildman–Crippen LogP) is 3.35. The van der Waals surface area contributed by atoms with E-state index in [1.807, 2.05) is 25.1 Å². The van der Waals surface area contributed by atoms with Gasteiger partial charge in [-0.25, -0.2) is 4.39 Å². The maximum absolute atomic E-state index is 13.4. The molecule has 1 unspecified atom stereocenters. The van der Waals surface area contributed by atoms with Gasteiger partial charge in [0.1, 0.15) is 5.82 Å². The fourth-order valence-electron chi connectivity index (χ4n) is 2.84. The fourth-order valence-corrected chi connectivity index (χ4v) is 2.84. The molecule has 0 fully saturated rings. The summed E-state index contributed by atoms with van der Waals surface area (Å²) in [4.78, 5) is 1.94. The summed E-state index contributed by atoms with van der Waals surface area (Å²) < 4.78 is 18.8. The van der Waals surface area contributed by atoms with Gasteiger partial charge in [-0.3, -0.25) is 0 Å². The SMILES string of the molecule is CN(C)c1onc2c1CCCC2c1cccc(F)c1. The predicted molar refractivity (Wildman–Crippen MR) is 72.0 cm³/mol. The highest BCUT2D eigenvalue weighted by molar-refractivity contribution is 5.49. The van der Waals surface area contributed by atoms with Crippen molar-refractivity contribution in [2.24, 2.45) is 0 Å². The molecule has 3 rings (SSSR count). The number of aromatic nitrogens is 1. The Hall–Kier alpha value is -1.84. The van der Waals surface area contributed by atoms with Crippen molar-refractivity contribution in [1.29, 1.82) is 0 Å². The van der Waals surface area contributed by atoms with Gasteiger partial charge in [0.25, 0.3) is 0 Å². The molecule has 0 spiro atoms. The second-order valence-corrected chi connectivity index (χ2v) is 5.25. The van der Waals surface area contributed by atoms with Gasteiger partial charge in [-0.15, -0.1) is 0 Å². The lowest BCUT2D eigenvalue weighted by Gasteiger charge is -2.22.